The number of pyridine rings is 1. The van der Waals surface area contributed by atoms with Gasteiger partial charge in [-0.2, -0.15) is 4.98 Å². The first-order chi connectivity index (χ1) is 15.5. The van der Waals surface area contributed by atoms with Crippen LogP contribution in [0.1, 0.15) is 44.6 Å². The predicted molar refractivity (Wildman–Crippen MR) is 129 cm³/mol. The van der Waals surface area contributed by atoms with Gasteiger partial charge in [-0.15, -0.1) is 0 Å². The molecule has 1 unspecified atom stereocenters. The molecular formula is C26H28N4O2. The Balaban J connectivity index is 1.46. The molecule has 4 aromatic rings. The summed E-state index contributed by atoms with van der Waals surface area (Å²) >= 11 is 0. The van der Waals surface area contributed by atoms with Crippen LogP contribution in [0.25, 0.3) is 10.9 Å². The second-order valence-corrected chi connectivity index (χ2v) is 8.05. The molecule has 0 spiro atoms. The summed E-state index contributed by atoms with van der Waals surface area (Å²) in [6.45, 7) is 4.53. The summed E-state index contributed by atoms with van der Waals surface area (Å²) in [4.78, 5) is 25.3. The second-order valence-electron chi connectivity index (χ2n) is 8.05. The van der Waals surface area contributed by atoms with E-state index in [9.17, 15) is 4.79 Å². The van der Waals surface area contributed by atoms with Gasteiger partial charge in [-0.25, -0.2) is 0 Å². The average molecular weight is 429 g/mol. The Morgan fingerprint density at radius 1 is 1.03 bits per heavy atom. The van der Waals surface area contributed by atoms with Crippen LogP contribution in [0.4, 0.5) is 11.4 Å². The van der Waals surface area contributed by atoms with Crippen LogP contribution in [-0.2, 0) is 0 Å². The molecule has 0 saturated heterocycles. The fourth-order valence-corrected chi connectivity index (χ4v) is 3.72. The van der Waals surface area contributed by atoms with Crippen molar-refractivity contribution in [2.24, 2.45) is 0 Å². The molecule has 0 fully saturated rings. The molecule has 1 atom stereocenters. The van der Waals surface area contributed by atoms with Gasteiger partial charge in [0, 0.05) is 24.6 Å². The second kappa shape index (κ2) is 9.64. The fraction of sp³-hybridized carbons (Fsp3) is 0.269. The topological polar surface area (TPSA) is 71.1 Å². The van der Waals surface area contributed by atoms with Crippen molar-refractivity contribution in [2.75, 3.05) is 11.9 Å². The number of unbranched alkanes of at least 4 members (excludes halogenated alkanes) is 1. The molecular weight excluding hydrogens is 400 g/mol. The minimum absolute atomic E-state index is 0.143. The van der Waals surface area contributed by atoms with Crippen LogP contribution in [0.5, 0.6) is 11.8 Å². The highest BCUT2D eigenvalue weighted by atomic mass is 16.5. The monoisotopic (exact) mass is 428 g/mol. The molecule has 0 amide bonds. The lowest BCUT2D eigenvalue weighted by Gasteiger charge is -2.21. The van der Waals surface area contributed by atoms with Gasteiger partial charge in [0.05, 0.1) is 17.1 Å². The van der Waals surface area contributed by atoms with Crippen LogP contribution < -0.4 is 15.2 Å². The summed E-state index contributed by atoms with van der Waals surface area (Å²) in [6, 6.07) is 18.2. The number of rotatable bonds is 8. The lowest BCUT2D eigenvalue weighted by molar-refractivity contribution is 0.443. The van der Waals surface area contributed by atoms with Crippen molar-refractivity contribution in [3.8, 4) is 11.8 Å². The van der Waals surface area contributed by atoms with Crippen molar-refractivity contribution >= 4 is 22.3 Å². The van der Waals surface area contributed by atoms with Crippen molar-refractivity contribution in [2.45, 2.75) is 39.0 Å². The van der Waals surface area contributed by atoms with Gasteiger partial charge in [-0.1, -0.05) is 38.8 Å². The number of aromatic amines is 1. The highest BCUT2D eigenvalue weighted by molar-refractivity contribution is 5.76. The first kappa shape index (κ1) is 21.6. The Labute approximate surface area is 187 Å². The number of H-pyrrole nitrogens is 1. The highest BCUT2D eigenvalue weighted by Crippen LogP contribution is 2.29. The molecule has 0 aliphatic rings. The van der Waals surface area contributed by atoms with Gasteiger partial charge in [0.25, 0.3) is 5.56 Å². The van der Waals surface area contributed by atoms with Gasteiger partial charge in [-0.05, 0) is 60.4 Å². The van der Waals surface area contributed by atoms with Crippen molar-refractivity contribution < 1.29 is 4.74 Å². The SMILES string of the molecule is CCCCC(C)c1ccc(N(C)c2ccc(Oc3nc4cnccc4c(=O)[nH]3)cc2)cc1. The van der Waals surface area contributed by atoms with Crippen molar-refractivity contribution in [3.05, 3.63) is 82.9 Å². The number of aromatic nitrogens is 3. The largest absolute Gasteiger partial charge is 0.426 e. The summed E-state index contributed by atoms with van der Waals surface area (Å²) in [5, 5.41) is 0.482. The first-order valence-corrected chi connectivity index (χ1v) is 11.0. The minimum Gasteiger partial charge on any atom is -0.426 e. The summed E-state index contributed by atoms with van der Waals surface area (Å²) < 4.78 is 5.77. The van der Waals surface area contributed by atoms with E-state index in [4.69, 9.17) is 4.74 Å². The van der Waals surface area contributed by atoms with Crippen LogP contribution in [0, 0.1) is 0 Å². The molecule has 1 N–H and O–H groups in total. The Hall–Kier alpha value is -3.67. The molecule has 0 bridgehead atoms. The van der Waals surface area contributed by atoms with E-state index < -0.39 is 0 Å². The molecule has 6 nitrogen and oxygen atoms in total. The van der Waals surface area contributed by atoms with Gasteiger partial charge >= 0.3 is 6.01 Å². The van der Waals surface area contributed by atoms with E-state index in [0.29, 0.717) is 22.6 Å². The quantitative estimate of drug-likeness (QED) is 0.363. The van der Waals surface area contributed by atoms with E-state index in [2.05, 4.69) is 58.0 Å². The molecule has 2 aromatic carbocycles. The zero-order valence-corrected chi connectivity index (χ0v) is 18.7. The van der Waals surface area contributed by atoms with Gasteiger partial charge in [0.1, 0.15) is 5.75 Å². The molecule has 0 aliphatic heterocycles. The Morgan fingerprint density at radius 2 is 1.72 bits per heavy atom. The Morgan fingerprint density at radius 3 is 2.41 bits per heavy atom. The van der Waals surface area contributed by atoms with E-state index in [1.807, 2.05) is 31.3 Å². The number of anilines is 2. The third-order valence-electron chi connectivity index (χ3n) is 5.77. The lowest BCUT2D eigenvalue weighted by atomic mass is 9.95. The zero-order chi connectivity index (χ0) is 22.5. The third-order valence-corrected chi connectivity index (χ3v) is 5.77. The lowest BCUT2D eigenvalue weighted by Crippen LogP contribution is -2.10. The van der Waals surface area contributed by atoms with E-state index >= 15 is 0 Å². The molecule has 6 heteroatoms. The predicted octanol–water partition coefficient (Wildman–Crippen LogP) is 6.17. The van der Waals surface area contributed by atoms with Crippen molar-refractivity contribution in [1.29, 1.82) is 0 Å². The Bertz CT molecular complexity index is 1230. The molecule has 0 radical (unpaired) electrons. The van der Waals surface area contributed by atoms with Crippen LogP contribution in [0.15, 0.2) is 71.8 Å². The third kappa shape index (κ3) is 4.80. The van der Waals surface area contributed by atoms with Crippen LogP contribution >= 0.6 is 0 Å². The van der Waals surface area contributed by atoms with Gasteiger partial charge in [0.2, 0.25) is 0 Å². The summed E-state index contributed by atoms with van der Waals surface area (Å²) in [5.74, 6) is 1.17. The van der Waals surface area contributed by atoms with Gasteiger partial charge in [0.15, 0.2) is 0 Å². The maximum atomic E-state index is 12.2. The molecule has 164 valence electrons. The molecule has 0 saturated carbocycles. The van der Waals surface area contributed by atoms with Gasteiger partial charge in [-0.3, -0.25) is 14.8 Å². The summed E-state index contributed by atoms with van der Waals surface area (Å²) in [5.41, 5.74) is 3.78. The Kier molecular flexibility index (Phi) is 6.50. The average Bonchev–Trinajstić information content (AvgIpc) is 2.83. The summed E-state index contributed by atoms with van der Waals surface area (Å²) in [6.07, 6.45) is 6.83. The van der Waals surface area contributed by atoms with Crippen LogP contribution in [0.2, 0.25) is 0 Å². The molecule has 0 aliphatic carbocycles. The highest BCUT2D eigenvalue weighted by Gasteiger charge is 2.09. The fourth-order valence-electron chi connectivity index (χ4n) is 3.72. The molecule has 2 heterocycles. The number of ether oxygens (including phenoxy) is 1. The number of nitrogens with zero attached hydrogens (tertiary/aromatic N) is 3. The van der Waals surface area contributed by atoms with E-state index in [1.54, 1.807) is 18.5 Å². The number of nitrogens with one attached hydrogen (secondary N) is 1. The van der Waals surface area contributed by atoms with Crippen molar-refractivity contribution in [1.82, 2.24) is 15.0 Å². The molecule has 2 aromatic heterocycles. The number of hydrogen-bond donors (Lipinski definition) is 1. The van der Waals surface area contributed by atoms with E-state index in [-0.39, 0.29) is 11.6 Å². The number of fused-ring (bicyclic) bond motifs is 1. The normalized spacial score (nSPS) is 12.0. The van der Waals surface area contributed by atoms with E-state index in [0.717, 1.165) is 11.4 Å². The number of hydrogen-bond acceptors (Lipinski definition) is 5. The van der Waals surface area contributed by atoms with E-state index in [1.165, 1.54) is 24.8 Å². The maximum Gasteiger partial charge on any atom is 0.302 e. The zero-order valence-electron chi connectivity index (χ0n) is 18.7. The number of benzene rings is 2. The van der Waals surface area contributed by atoms with Crippen LogP contribution in [-0.4, -0.2) is 22.0 Å². The smallest absolute Gasteiger partial charge is 0.302 e. The molecule has 32 heavy (non-hydrogen) atoms. The van der Waals surface area contributed by atoms with Crippen LogP contribution in [0.3, 0.4) is 0 Å². The minimum atomic E-state index is -0.254. The first-order valence-electron chi connectivity index (χ1n) is 11.0. The van der Waals surface area contributed by atoms with Crippen molar-refractivity contribution in [3.63, 3.8) is 0 Å². The summed E-state index contributed by atoms with van der Waals surface area (Å²) in [7, 11) is 2.04. The molecule has 4 rings (SSSR count). The van der Waals surface area contributed by atoms with Gasteiger partial charge < -0.3 is 9.64 Å². The maximum absolute atomic E-state index is 12.2. The standard InChI is InChI=1S/C26H28N4O2/c1-4-5-6-18(2)19-7-9-20(10-8-19)30(3)21-11-13-22(14-12-21)32-26-28-24-17-27-16-15-23(24)25(31)29-26/h7-18H,4-6H2,1-3H3,(H,28,29,31).